The number of allylic oxidation sites excluding steroid dienone is 1. The van der Waals surface area contributed by atoms with Gasteiger partial charge in [0.05, 0.1) is 6.61 Å². The molecular formula is C14H20N2O. The Bertz CT molecular complexity index is 393. The van der Waals surface area contributed by atoms with Crippen molar-refractivity contribution in [2.45, 2.75) is 25.3 Å². The Balaban J connectivity index is 1.67. The third kappa shape index (κ3) is 1.42. The molecule has 17 heavy (non-hydrogen) atoms. The van der Waals surface area contributed by atoms with E-state index in [4.69, 9.17) is 4.74 Å². The fourth-order valence-corrected chi connectivity index (χ4v) is 4.01. The first kappa shape index (κ1) is 10.2. The zero-order chi connectivity index (χ0) is 11.3. The summed E-state index contributed by atoms with van der Waals surface area (Å²) < 4.78 is 6.02. The molecule has 0 bridgehead atoms. The summed E-state index contributed by atoms with van der Waals surface area (Å²) in [4.78, 5) is 0. The molecule has 0 aromatic carbocycles. The number of hydrogen-bond acceptors (Lipinski definition) is 3. The molecule has 2 unspecified atom stereocenters. The third-order valence-electron chi connectivity index (χ3n) is 5.09. The Morgan fingerprint density at radius 3 is 3.06 bits per heavy atom. The highest BCUT2D eigenvalue weighted by Gasteiger charge is 2.50. The van der Waals surface area contributed by atoms with Gasteiger partial charge in [0.15, 0.2) is 0 Å². The standard InChI is InChI=1S/C14H20N2O/c1-4-16-12-8-11-13(7-10(1)12)17-9-14(11)2-5-15-6-3-14/h1,7,11-12,15-16H,2-6,8-9H2. The van der Waals surface area contributed by atoms with Crippen molar-refractivity contribution in [1.29, 1.82) is 0 Å². The van der Waals surface area contributed by atoms with E-state index in [-0.39, 0.29) is 0 Å². The Hall–Kier alpha value is -0.800. The molecule has 3 heterocycles. The average molecular weight is 232 g/mol. The van der Waals surface area contributed by atoms with E-state index < -0.39 is 0 Å². The van der Waals surface area contributed by atoms with E-state index in [9.17, 15) is 0 Å². The van der Waals surface area contributed by atoms with Gasteiger partial charge in [0.25, 0.3) is 0 Å². The van der Waals surface area contributed by atoms with E-state index in [2.05, 4.69) is 22.8 Å². The summed E-state index contributed by atoms with van der Waals surface area (Å²) in [7, 11) is 0. The number of hydrogen-bond donors (Lipinski definition) is 2. The van der Waals surface area contributed by atoms with Crippen LogP contribution < -0.4 is 10.6 Å². The SMILES string of the molecule is C1=C2C=C3OCC4(CCNCC4)C3CC2NC1. The third-order valence-corrected chi connectivity index (χ3v) is 5.09. The molecule has 0 amide bonds. The zero-order valence-corrected chi connectivity index (χ0v) is 10.2. The molecule has 4 aliphatic rings. The van der Waals surface area contributed by atoms with Gasteiger partial charge in [-0.3, -0.25) is 0 Å². The molecule has 92 valence electrons. The second kappa shape index (κ2) is 3.59. The van der Waals surface area contributed by atoms with Crippen LogP contribution in [0.3, 0.4) is 0 Å². The average Bonchev–Trinajstić information content (AvgIpc) is 2.94. The summed E-state index contributed by atoms with van der Waals surface area (Å²) in [5.74, 6) is 1.94. The van der Waals surface area contributed by atoms with Crippen molar-refractivity contribution < 1.29 is 4.74 Å². The molecule has 2 fully saturated rings. The molecule has 2 N–H and O–H groups in total. The molecule has 0 radical (unpaired) electrons. The Morgan fingerprint density at radius 1 is 1.29 bits per heavy atom. The van der Waals surface area contributed by atoms with E-state index in [1.165, 1.54) is 30.6 Å². The van der Waals surface area contributed by atoms with Crippen molar-refractivity contribution in [2.75, 3.05) is 26.2 Å². The van der Waals surface area contributed by atoms with Crippen molar-refractivity contribution >= 4 is 0 Å². The minimum atomic E-state index is 0.437. The van der Waals surface area contributed by atoms with Crippen molar-refractivity contribution in [3.63, 3.8) is 0 Å². The molecular weight excluding hydrogens is 212 g/mol. The Labute approximate surface area is 102 Å². The number of nitrogens with one attached hydrogen (secondary N) is 2. The summed E-state index contributed by atoms with van der Waals surface area (Å²) in [6.07, 6.45) is 8.43. The smallest absolute Gasteiger partial charge is 0.100 e. The molecule has 0 aromatic heterocycles. The first-order valence-electron chi connectivity index (χ1n) is 6.86. The van der Waals surface area contributed by atoms with Crippen LogP contribution in [0.25, 0.3) is 0 Å². The minimum Gasteiger partial charge on any atom is -0.497 e. The summed E-state index contributed by atoms with van der Waals surface area (Å²) in [5.41, 5.74) is 1.90. The maximum Gasteiger partial charge on any atom is 0.100 e. The largest absolute Gasteiger partial charge is 0.497 e. The van der Waals surface area contributed by atoms with Gasteiger partial charge < -0.3 is 15.4 Å². The number of piperidine rings is 1. The molecule has 0 saturated carbocycles. The second-order valence-corrected chi connectivity index (χ2v) is 5.90. The summed E-state index contributed by atoms with van der Waals surface area (Å²) in [5, 5.41) is 7.06. The molecule has 2 atom stereocenters. The lowest BCUT2D eigenvalue weighted by Crippen LogP contribution is -2.43. The van der Waals surface area contributed by atoms with Crippen LogP contribution in [0.2, 0.25) is 0 Å². The highest BCUT2D eigenvalue weighted by molar-refractivity contribution is 5.37. The first-order valence-corrected chi connectivity index (χ1v) is 6.86. The van der Waals surface area contributed by atoms with Crippen LogP contribution in [0.4, 0.5) is 0 Å². The van der Waals surface area contributed by atoms with Crippen LogP contribution in [-0.4, -0.2) is 32.3 Å². The molecule has 3 nitrogen and oxygen atoms in total. The predicted molar refractivity (Wildman–Crippen MR) is 66.6 cm³/mol. The van der Waals surface area contributed by atoms with Crippen molar-refractivity contribution in [3.8, 4) is 0 Å². The van der Waals surface area contributed by atoms with E-state index in [1.807, 2.05) is 0 Å². The maximum atomic E-state index is 6.02. The number of ether oxygens (including phenoxy) is 1. The molecule has 4 rings (SSSR count). The quantitative estimate of drug-likeness (QED) is 0.658. The van der Waals surface area contributed by atoms with Gasteiger partial charge in [-0.1, -0.05) is 6.08 Å². The van der Waals surface area contributed by atoms with E-state index in [1.54, 1.807) is 0 Å². The van der Waals surface area contributed by atoms with Gasteiger partial charge in [-0.15, -0.1) is 0 Å². The van der Waals surface area contributed by atoms with Gasteiger partial charge in [-0.25, -0.2) is 0 Å². The number of fused-ring (bicyclic) bond motifs is 3. The van der Waals surface area contributed by atoms with E-state index in [0.29, 0.717) is 17.4 Å². The number of rotatable bonds is 0. The lowest BCUT2D eigenvalue weighted by molar-refractivity contribution is 0.118. The fraction of sp³-hybridized carbons (Fsp3) is 0.714. The Kier molecular flexibility index (Phi) is 2.15. The Morgan fingerprint density at radius 2 is 2.18 bits per heavy atom. The van der Waals surface area contributed by atoms with Crippen LogP contribution in [0, 0.1) is 11.3 Å². The van der Waals surface area contributed by atoms with E-state index >= 15 is 0 Å². The predicted octanol–water partition coefficient (Wildman–Crippen LogP) is 1.19. The topological polar surface area (TPSA) is 33.3 Å². The van der Waals surface area contributed by atoms with Gasteiger partial charge in [-0.2, -0.15) is 0 Å². The normalized spacial score (nSPS) is 38.1. The minimum absolute atomic E-state index is 0.437. The van der Waals surface area contributed by atoms with Crippen molar-refractivity contribution in [3.05, 3.63) is 23.5 Å². The van der Waals surface area contributed by atoms with Crippen LogP contribution >= 0.6 is 0 Å². The molecule has 1 spiro atoms. The molecule has 3 aliphatic heterocycles. The summed E-state index contributed by atoms with van der Waals surface area (Å²) in [6.45, 7) is 4.30. The second-order valence-electron chi connectivity index (χ2n) is 5.90. The zero-order valence-electron chi connectivity index (χ0n) is 10.2. The van der Waals surface area contributed by atoms with Crippen LogP contribution in [0.15, 0.2) is 23.5 Å². The van der Waals surface area contributed by atoms with Gasteiger partial charge in [-0.05, 0) is 44.0 Å². The van der Waals surface area contributed by atoms with Crippen molar-refractivity contribution in [1.82, 2.24) is 10.6 Å². The molecule has 2 saturated heterocycles. The fourth-order valence-electron chi connectivity index (χ4n) is 4.01. The maximum absolute atomic E-state index is 6.02. The lowest BCUT2D eigenvalue weighted by atomic mass is 9.66. The summed E-state index contributed by atoms with van der Waals surface area (Å²) in [6, 6.07) is 0.595. The van der Waals surface area contributed by atoms with Crippen molar-refractivity contribution in [2.24, 2.45) is 11.3 Å². The molecule has 3 heteroatoms. The lowest BCUT2D eigenvalue weighted by Gasteiger charge is -2.39. The van der Waals surface area contributed by atoms with Crippen LogP contribution in [0.1, 0.15) is 19.3 Å². The van der Waals surface area contributed by atoms with E-state index in [0.717, 1.165) is 26.2 Å². The van der Waals surface area contributed by atoms with Crippen LogP contribution in [-0.2, 0) is 4.74 Å². The molecule has 0 aromatic rings. The highest BCUT2D eigenvalue weighted by atomic mass is 16.5. The monoisotopic (exact) mass is 232 g/mol. The van der Waals surface area contributed by atoms with Gasteiger partial charge in [0.1, 0.15) is 5.76 Å². The van der Waals surface area contributed by atoms with Crippen LogP contribution in [0.5, 0.6) is 0 Å². The highest BCUT2D eigenvalue weighted by Crippen LogP contribution is 2.52. The summed E-state index contributed by atoms with van der Waals surface area (Å²) >= 11 is 0. The van der Waals surface area contributed by atoms with Gasteiger partial charge in [0, 0.05) is 23.9 Å². The first-order chi connectivity index (χ1) is 8.37. The molecule has 1 aliphatic carbocycles. The van der Waals surface area contributed by atoms with Gasteiger partial charge in [0.2, 0.25) is 0 Å². The van der Waals surface area contributed by atoms with Gasteiger partial charge >= 0.3 is 0 Å².